The van der Waals surface area contributed by atoms with E-state index in [2.05, 4.69) is 5.32 Å². The van der Waals surface area contributed by atoms with Crippen molar-refractivity contribution in [1.29, 1.82) is 0 Å². The highest BCUT2D eigenvalue weighted by atomic mass is 32.2. The standard InChI is InChI=1S/C17H22N2O5S/c1-17(8-10-25(22,23)12-17)18-15(20)11-24-14-6-4-13(5-7-14)19-9-2-3-16(19)21/h4-7H,2-3,8-12H2,1H3,(H,18,20)/t17-/m1/s1. The van der Waals surface area contributed by atoms with E-state index in [1.165, 1.54) is 0 Å². The topological polar surface area (TPSA) is 92.8 Å². The largest absolute Gasteiger partial charge is 0.484 e. The van der Waals surface area contributed by atoms with Gasteiger partial charge < -0.3 is 15.0 Å². The number of sulfone groups is 1. The van der Waals surface area contributed by atoms with Crippen LogP contribution in [0.2, 0.25) is 0 Å². The fourth-order valence-electron chi connectivity index (χ4n) is 3.27. The average molecular weight is 366 g/mol. The van der Waals surface area contributed by atoms with Crippen molar-refractivity contribution in [2.45, 2.75) is 31.7 Å². The van der Waals surface area contributed by atoms with Crippen molar-refractivity contribution in [1.82, 2.24) is 5.32 Å². The molecule has 1 atom stereocenters. The molecule has 0 aliphatic carbocycles. The van der Waals surface area contributed by atoms with E-state index in [1.54, 1.807) is 36.1 Å². The Balaban J connectivity index is 1.51. The maximum absolute atomic E-state index is 12.0. The van der Waals surface area contributed by atoms with Crippen LogP contribution in [0.5, 0.6) is 5.75 Å². The van der Waals surface area contributed by atoms with Gasteiger partial charge in [-0.15, -0.1) is 0 Å². The zero-order valence-electron chi connectivity index (χ0n) is 14.2. The third-order valence-corrected chi connectivity index (χ3v) is 6.44. The summed E-state index contributed by atoms with van der Waals surface area (Å²) in [6, 6.07) is 7.02. The summed E-state index contributed by atoms with van der Waals surface area (Å²) >= 11 is 0. The van der Waals surface area contributed by atoms with Gasteiger partial charge in [0, 0.05) is 18.7 Å². The SMILES string of the molecule is C[C@@]1(NC(=O)COc2ccc(N3CCCC3=O)cc2)CCS(=O)(=O)C1. The van der Waals surface area contributed by atoms with Crippen LogP contribution in [-0.4, -0.2) is 50.4 Å². The smallest absolute Gasteiger partial charge is 0.258 e. The summed E-state index contributed by atoms with van der Waals surface area (Å²) in [6.45, 7) is 2.28. The third-order valence-electron chi connectivity index (χ3n) is 4.54. The van der Waals surface area contributed by atoms with Crippen LogP contribution in [0, 0.1) is 0 Å². The number of nitrogens with one attached hydrogen (secondary N) is 1. The maximum atomic E-state index is 12.0. The van der Waals surface area contributed by atoms with Crippen LogP contribution < -0.4 is 15.0 Å². The lowest BCUT2D eigenvalue weighted by atomic mass is 10.0. The minimum atomic E-state index is -3.07. The lowest BCUT2D eigenvalue weighted by Gasteiger charge is -2.23. The minimum Gasteiger partial charge on any atom is -0.484 e. The van der Waals surface area contributed by atoms with Gasteiger partial charge >= 0.3 is 0 Å². The monoisotopic (exact) mass is 366 g/mol. The van der Waals surface area contributed by atoms with Crippen LogP contribution in [-0.2, 0) is 19.4 Å². The van der Waals surface area contributed by atoms with Crippen molar-refractivity contribution in [3.05, 3.63) is 24.3 Å². The van der Waals surface area contributed by atoms with Crippen molar-refractivity contribution >= 4 is 27.3 Å². The number of ether oxygens (including phenoxy) is 1. The normalized spacial score (nSPS) is 25.2. The summed E-state index contributed by atoms with van der Waals surface area (Å²) < 4.78 is 28.6. The first-order chi connectivity index (χ1) is 11.8. The van der Waals surface area contributed by atoms with E-state index >= 15 is 0 Å². The fraction of sp³-hybridized carbons (Fsp3) is 0.529. The van der Waals surface area contributed by atoms with Gasteiger partial charge in [-0.25, -0.2) is 8.42 Å². The van der Waals surface area contributed by atoms with E-state index in [9.17, 15) is 18.0 Å². The number of nitrogens with zero attached hydrogens (tertiary/aromatic N) is 1. The van der Waals surface area contributed by atoms with Crippen LogP contribution >= 0.6 is 0 Å². The highest BCUT2D eigenvalue weighted by Gasteiger charge is 2.39. The van der Waals surface area contributed by atoms with Crippen molar-refractivity contribution in [3.63, 3.8) is 0 Å². The number of anilines is 1. The van der Waals surface area contributed by atoms with E-state index in [-0.39, 0.29) is 29.9 Å². The van der Waals surface area contributed by atoms with E-state index < -0.39 is 15.4 Å². The van der Waals surface area contributed by atoms with Crippen molar-refractivity contribution in [2.75, 3.05) is 29.6 Å². The van der Waals surface area contributed by atoms with E-state index in [0.717, 1.165) is 18.7 Å². The summed E-state index contributed by atoms with van der Waals surface area (Å²) in [5.41, 5.74) is 0.0992. The number of carbonyl (C=O) groups excluding carboxylic acids is 2. The second kappa shape index (κ2) is 6.67. The molecular weight excluding hydrogens is 344 g/mol. The number of amides is 2. The van der Waals surface area contributed by atoms with Gasteiger partial charge in [0.2, 0.25) is 5.91 Å². The second-order valence-corrected chi connectivity index (χ2v) is 9.07. The molecule has 2 aliphatic rings. The van der Waals surface area contributed by atoms with Crippen molar-refractivity contribution in [3.8, 4) is 5.75 Å². The molecule has 0 saturated carbocycles. The molecule has 3 rings (SSSR count). The first-order valence-electron chi connectivity index (χ1n) is 8.31. The summed E-state index contributed by atoms with van der Waals surface area (Å²) in [6.07, 6.45) is 1.86. The Kier molecular flexibility index (Phi) is 4.73. The van der Waals surface area contributed by atoms with Crippen LogP contribution in [0.3, 0.4) is 0 Å². The lowest BCUT2D eigenvalue weighted by Crippen LogP contribution is -2.48. The molecule has 8 heteroatoms. The van der Waals surface area contributed by atoms with E-state index in [1.807, 2.05) is 0 Å². The molecule has 2 fully saturated rings. The third kappa shape index (κ3) is 4.31. The molecule has 0 bridgehead atoms. The Bertz CT molecular complexity index is 775. The molecule has 2 saturated heterocycles. The number of benzene rings is 1. The number of rotatable bonds is 5. The molecule has 2 aliphatic heterocycles. The first-order valence-corrected chi connectivity index (χ1v) is 10.1. The van der Waals surface area contributed by atoms with Gasteiger partial charge in [-0.2, -0.15) is 0 Å². The van der Waals surface area contributed by atoms with Crippen molar-refractivity contribution in [2.24, 2.45) is 0 Å². The molecule has 7 nitrogen and oxygen atoms in total. The summed E-state index contributed by atoms with van der Waals surface area (Å²) in [5, 5.41) is 2.75. The molecule has 2 amide bonds. The van der Waals surface area contributed by atoms with Gasteiger partial charge in [0.25, 0.3) is 5.91 Å². The van der Waals surface area contributed by atoms with Gasteiger partial charge in [0.05, 0.1) is 17.0 Å². The first kappa shape index (κ1) is 17.7. The van der Waals surface area contributed by atoms with Gasteiger partial charge in [-0.05, 0) is 44.0 Å². The Labute approximate surface area is 147 Å². The fourth-order valence-corrected chi connectivity index (χ4v) is 5.37. The maximum Gasteiger partial charge on any atom is 0.258 e. The highest BCUT2D eigenvalue weighted by Crippen LogP contribution is 2.24. The Morgan fingerprint density at radius 2 is 2.04 bits per heavy atom. The molecule has 0 unspecified atom stereocenters. The highest BCUT2D eigenvalue weighted by molar-refractivity contribution is 7.91. The summed E-state index contributed by atoms with van der Waals surface area (Å²) in [7, 11) is -3.07. The van der Waals surface area contributed by atoms with Gasteiger partial charge in [-0.1, -0.05) is 0 Å². The minimum absolute atomic E-state index is 0.0374. The van der Waals surface area contributed by atoms with Crippen LogP contribution in [0.25, 0.3) is 0 Å². The molecule has 1 aromatic rings. The zero-order chi connectivity index (χ0) is 18.1. The Hall–Kier alpha value is -2.09. The molecule has 25 heavy (non-hydrogen) atoms. The number of hydrogen-bond acceptors (Lipinski definition) is 5. The molecule has 1 aromatic carbocycles. The molecule has 1 N–H and O–H groups in total. The van der Waals surface area contributed by atoms with E-state index in [4.69, 9.17) is 4.74 Å². The predicted molar refractivity (Wildman–Crippen MR) is 93.3 cm³/mol. The number of hydrogen-bond donors (Lipinski definition) is 1. The Morgan fingerprint density at radius 1 is 1.32 bits per heavy atom. The van der Waals surface area contributed by atoms with Crippen LogP contribution in [0.4, 0.5) is 5.69 Å². The van der Waals surface area contributed by atoms with Gasteiger partial charge in [0.15, 0.2) is 16.4 Å². The zero-order valence-corrected chi connectivity index (χ0v) is 15.0. The second-order valence-electron chi connectivity index (χ2n) is 6.88. The van der Waals surface area contributed by atoms with Gasteiger partial charge in [-0.3, -0.25) is 9.59 Å². The predicted octanol–water partition coefficient (Wildman–Crippen LogP) is 0.886. The molecule has 2 heterocycles. The van der Waals surface area contributed by atoms with Crippen LogP contribution in [0.1, 0.15) is 26.2 Å². The molecular formula is C17H22N2O5S. The van der Waals surface area contributed by atoms with E-state index in [0.29, 0.717) is 18.6 Å². The molecule has 0 spiro atoms. The van der Waals surface area contributed by atoms with Crippen molar-refractivity contribution < 1.29 is 22.7 Å². The van der Waals surface area contributed by atoms with Gasteiger partial charge in [0.1, 0.15) is 5.75 Å². The quantitative estimate of drug-likeness (QED) is 0.835. The molecule has 0 radical (unpaired) electrons. The lowest BCUT2D eigenvalue weighted by molar-refractivity contribution is -0.124. The number of carbonyl (C=O) groups is 2. The van der Waals surface area contributed by atoms with Crippen LogP contribution in [0.15, 0.2) is 24.3 Å². The summed E-state index contributed by atoms with van der Waals surface area (Å²) in [5.74, 6) is 0.354. The summed E-state index contributed by atoms with van der Waals surface area (Å²) in [4.78, 5) is 25.5. The average Bonchev–Trinajstić information content (AvgIpc) is 3.08. The molecule has 0 aromatic heterocycles. The Morgan fingerprint density at radius 3 is 2.60 bits per heavy atom. The molecule has 136 valence electrons.